The minimum Gasteiger partial charge on any atom is -0.376 e. The van der Waals surface area contributed by atoms with Crippen LogP contribution in [0.4, 0.5) is 16.2 Å². The molecule has 0 bridgehead atoms. The Hall–Kier alpha value is -3.33. The van der Waals surface area contributed by atoms with Crippen molar-refractivity contribution in [2.45, 2.75) is 13.8 Å². The number of nitrogens with zero attached hydrogens (tertiary/aromatic N) is 1. The molecule has 31 heavy (non-hydrogen) atoms. The average molecular weight is 441 g/mol. The van der Waals surface area contributed by atoms with Crippen LogP contribution in [0, 0.1) is 13.8 Å². The van der Waals surface area contributed by atoms with E-state index < -0.39 is 0 Å². The van der Waals surface area contributed by atoms with Gasteiger partial charge in [-0.25, -0.2) is 0 Å². The Labute approximate surface area is 184 Å². The van der Waals surface area contributed by atoms with Crippen LogP contribution in [0.3, 0.4) is 0 Å². The molecule has 162 valence electrons. The number of anilines is 2. The summed E-state index contributed by atoms with van der Waals surface area (Å²) in [7, 11) is 0. The normalized spacial score (nSPS) is 13.3. The number of aryl methyl sites for hydroxylation is 2. The van der Waals surface area contributed by atoms with E-state index in [0.717, 1.165) is 27.9 Å². The van der Waals surface area contributed by atoms with Crippen molar-refractivity contribution in [3.63, 3.8) is 0 Å². The summed E-state index contributed by atoms with van der Waals surface area (Å²) < 4.78 is 0. The summed E-state index contributed by atoms with van der Waals surface area (Å²) >= 11 is 0.964. The molecule has 1 aliphatic heterocycles. The third-order valence-electron chi connectivity index (χ3n) is 4.85. The first-order valence-electron chi connectivity index (χ1n) is 9.80. The number of thioether (sulfide) groups is 1. The molecule has 0 aliphatic carbocycles. The lowest BCUT2D eigenvalue weighted by Crippen LogP contribution is -2.37. The Kier molecular flexibility index (Phi) is 7.30. The summed E-state index contributed by atoms with van der Waals surface area (Å²) in [5.74, 6) is -0.606. The molecule has 0 saturated carbocycles. The van der Waals surface area contributed by atoms with Crippen molar-refractivity contribution in [2.75, 3.05) is 36.0 Å². The fourth-order valence-corrected chi connectivity index (χ4v) is 3.68. The number of hydrogen-bond donors (Lipinski definition) is 3. The SMILES string of the molecule is Cc1ccc(NCC(=O)Nc2ccc(C(=O)NCCN3C(=O)CSC3=O)cc2)cc1C. The number of carbonyl (C=O) groups excluding carboxylic acids is 4. The van der Waals surface area contributed by atoms with Gasteiger partial charge in [0, 0.05) is 30.0 Å². The van der Waals surface area contributed by atoms with Crippen LogP contribution in [0.1, 0.15) is 21.5 Å². The maximum atomic E-state index is 12.2. The van der Waals surface area contributed by atoms with E-state index in [9.17, 15) is 19.2 Å². The highest BCUT2D eigenvalue weighted by atomic mass is 32.2. The van der Waals surface area contributed by atoms with Gasteiger partial charge < -0.3 is 16.0 Å². The maximum absolute atomic E-state index is 12.2. The van der Waals surface area contributed by atoms with Gasteiger partial charge in [0.05, 0.1) is 12.3 Å². The van der Waals surface area contributed by atoms with E-state index in [1.165, 1.54) is 5.56 Å². The van der Waals surface area contributed by atoms with Crippen LogP contribution in [-0.2, 0) is 9.59 Å². The van der Waals surface area contributed by atoms with E-state index in [4.69, 9.17) is 0 Å². The van der Waals surface area contributed by atoms with Gasteiger partial charge in [-0.1, -0.05) is 17.8 Å². The second-order valence-corrected chi connectivity index (χ2v) is 8.06. The summed E-state index contributed by atoms with van der Waals surface area (Å²) in [6.45, 7) is 4.50. The lowest BCUT2D eigenvalue weighted by atomic mass is 10.1. The van der Waals surface area contributed by atoms with Crippen LogP contribution in [0.5, 0.6) is 0 Å². The molecular weight excluding hydrogens is 416 g/mol. The zero-order valence-corrected chi connectivity index (χ0v) is 18.2. The molecule has 3 rings (SSSR count). The standard InChI is InChI=1S/C22H24N4O4S/c1-14-3-6-18(11-15(14)2)24-12-19(27)25-17-7-4-16(5-8-17)21(29)23-9-10-26-20(28)13-31-22(26)30/h3-8,11,24H,9-10,12-13H2,1-2H3,(H,23,29)(H,25,27). The summed E-state index contributed by atoms with van der Waals surface area (Å²) in [4.78, 5) is 48.6. The summed E-state index contributed by atoms with van der Waals surface area (Å²) in [5, 5.41) is 8.26. The van der Waals surface area contributed by atoms with Crippen LogP contribution < -0.4 is 16.0 Å². The molecule has 2 aromatic rings. The topological polar surface area (TPSA) is 108 Å². The van der Waals surface area contributed by atoms with Crippen molar-refractivity contribution in [1.29, 1.82) is 0 Å². The summed E-state index contributed by atoms with van der Waals surface area (Å²) in [5.41, 5.74) is 4.21. The maximum Gasteiger partial charge on any atom is 0.288 e. The van der Waals surface area contributed by atoms with Gasteiger partial charge in [0.15, 0.2) is 0 Å². The molecule has 1 fully saturated rings. The van der Waals surface area contributed by atoms with E-state index in [1.807, 2.05) is 32.0 Å². The molecule has 0 spiro atoms. The van der Waals surface area contributed by atoms with Gasteiger partial charge in [-0.15, -0.1) is 0 Å². The Morgan fingerprint density at radius 3 is 2.35 bits per heavy atom. The van der Waals surface area contributed by atoms with Crippen molar-refractivity contribution in [1.82, 2.24) is 10.2 Å². The highest BCUT2D eigenvalue weighted by Gasteiger charge is 2.29. The number of nitrogens with one attached hydrogen (secondary N) is 3. The van der Waals surface area contributed by atoms with Gasteiger partial charge in [0.1, 0.15) is 0 Å². The van der Waals surface area contributed by atoms with E-state index in [1.54, 1.807) is 24.3 Å². The number of imide groups is 1. The van der Waals surface area contributed by atoms with Gasteiger partial charge in [0.2, 0.25) is 11.8 Å². The van der Waals surface area contributed by atoms with Crippen molar-refractivity contribution in [3.8, 4) is 0 Å². The smallest absolute Gasteiger partial charge is 0.288 e. The number of rotatable bonds is 8. The monoisotopic (exact) mass is 440 g/mol. The predicted octanol–water partition coefficient (Wildman–Crippen LogP) is 2.78. The molecule has 1 heterocycles. The number of benzene rings is 2. The Morgan fingerprint density at radius 2 is 1.71 bits per heavy atom. The van der Waals surface area contributed by atoms with Gasteiger partial charge in [-0.2, -0.15) is 0 Å². The van der Waals surface area contributed by atoms with Crippen molar-refractivity contribution < 1.29 is 19.2 Å². The molecule has 2 aromatic carbocycles. The fraction of sp³-hybridized carbons (Fsp3) is 0.273. The van der Waals surface area contributed by atoms with Crippen LogP contribution in [-0.4, -0.2) is 53.2 Å². The molecule has 8 nitrogen and oxygen atoms in total. The molecule has 3 N–H and O–H groups in total. The molecule has 0 atom stereocenters. The average Bonchev–Trinajstić information content (AvgIpc) is 3.07. The van der Waals surface area contributed by atoms with Crippen molar-refractivity contribution in [3.05, 3.63) is 59.2 Å². The predicted molar refractivity (Wildman–Crippen MR) is 121 cm³/mol. The van der Waals surface area contributed by atoms with Gasteiger partial charge in [0.25, 0.3) is 11.1 Å². The first kappa shape index (κ1) is 22.4. The molecule has 1 aliphatic rings. The molecule has 4 amide bonds. The third-order valence-corrected chi connectivity index (χ3v) is 5.71. The van der Waals surface area contributed by atoms with Crippen LogP contribution in [0.15, 0.2) is 42.5 Å². The number of hydrogen-bond acceptors (Lipinski definition) is 6. The van der Waals surface area contributed by atoms with Crippen molar-refractivity contribution in [2.24, 2.45) is 0 Å². The lowest BCUT2D eigenvalue weighted by molar-refractivity contribution is -0.124. The second-order valence-electron chi connectivity index (χ2n) is 7.13. The minimum absolute atomic E-state index is 0.122. The molecule has 1 saturated heterocycles. The Balaban J connectivity index is 1.43. The van der Waals surface area contributed by atoms with E-state index in [-0.39, 0.29) is 48.3 Å². The van der Waals surface area contributed by atoms with Gasteiger partial charge in [-0.05, 0) is 61.4 Å². The fourth-order valence-electron chi connectivity index (χ4n) is 2.92. The van der Waals surface area contributed by atoms with E-state index >= 15 is 0 Å². The number of carbonyl (C=O) groups is 4. The second kappa shape index (κ2) is 10.1. The zero-order valence-electron chi connectivity index (χ0n) is 17.4. The summed E-state index contributed by atoms with van der Waals surface area (Å²) in [6.07, 6.45) is 0. The van der Waals surface area contributed by atoms with Gasteiger partial charge >= 0.3 is 0 Å². The third kappa shape index (κ3) is 6.08. The van der Waals surface area contributed by atoms with Gasteiger partial charge in [-0.3, -0.25) is 24.1 Å². The van der Waals surface area contributed by atoms with Crippen LogP contribution >= 0.6 is 11.8 Å². The molecule has 0 radical (unpaired) electrons. The quantitative estimate of drug-likeness (QED) is 0.583. The van der Waals surface area contributed by atoms with Crippen LogP contribution in [0.25, 0.3) is 0 Å². The van der Waals surface area contributed by atoms with E-state index in [2.05, 4.69) is 16.0 Å². The zero-order chi connectivity index (χ0) is 22.4. The van der Waals surface area contributed by atoms with Crippen LogP contribution in [0.2, 0.25) is 0 Å². The Bertz CT molecular complexity index is 991. The molecule has 0 aromatic heterocycles. The van der Waals surface area contributed by atoms with Crippen molar-refractivity contribution >= 4 is 46.1 Å². The first-order chi connectivity index (χ1) is 14.8. The highest BCUT2D eigenvalue weighted by Crippen LogP contribution is 2.18. The first-order valence-corrected chi connectivity index (χ1v) is 10.8. The lowest BCUT2D eigenvalue weighted by Gasteiger charge is -2.13. The highest BCUT2D eigenvalue weighted by molar-refractivity contribution is 8.14. The minimum atomic E-state index is -0.318. The summed E-state index contributed by atoms with van der Waals surface area (Å²) in [6, 6.07) is 12.4. The molecular formula is C22H24N4O4S. The largest absolute Gasteiger partial charge is 0.376 e. The number of amides is 4. The molecule has 0 unspecified atom stereocenters. The van der Waals surface area contributed by atoms with E-state index in [0.29, 0.717) is 11.3 Å². The Morgan fingerprint density at radius 1 is 1.00 bits per heavy atom. The molecule has 9 heteroatoms.